The van der Waals surface area contributed by atoms with Crippen molar-refractivity contribution in [3.63, 3.8) is 0 Å². The maximum absolute atomic E-state index is 13.3. The van der Waals surface area contributed by atoms with Crippen LogP contribution in [0.15, 0.2) is 12.3 Å². The normalized spacial score (nSPS) is 35.3. The maximum atomic E-state index is 13.3. The average molecular weight is 438 g/mol. The number of ketones is 1. The summed E-state index contributed by atoms with van der Waals surface area (Å²) >= 11 is 0. The smallest absolute Gasteiger partial charge is 0.166 e. The Balaban J connectivity index is 1.20. The molecule has 1 aromatic heterocycles. The van der Waals surface area contributed by atoms with Crippen LogP contribution in [-0.2, 0) is 11.2 Å². The van der Waals surface area contributed by atoms with Crippen LogP contribution in [0.1, 0.15) is 66.6 Å². The minimum Gasteiger partial charge on any atom is -0.390 e. The van der Waals surface area contributed by atoms with E-state index in [0.29, 0.717) is 30.2 Å². The standard InChI is InChI=1S/C26H35N3O3/c30-23(5-2-6-29-7-9-32-10-8-29)21-16-27-22-4-1-3-20(22)25(21)28-24-18-11-17-12-19(24)15-26(31,13-17)14-18/h1,3,16-19,24,31H,2,4-15H2,(H,27,28). The van der Waals surface area contributed by atoms with Gasteiger partial charge in [-0.25, -0.2) is 0 Å². The summed E-state index contributed by atoms with van der Waals surface area (Å²) in [6.45, 7) is 4.46. The van der Waals surface area contributed by atoms with Crippen molar-refractivity contribution in [2.24, 2.45) is 17.8 Å². The highest BCUT2D eigenvalue weighted by Crippen LogP contribution is 2.56. The highest BCUT2D eigenvalue weighted by Gasteiger charge is 2.54. The molecule has 5 fully saturated rings. The highest BCUT2D eigenvalue weighted by molar-refractivity contribution is 6.03. The van der Waals surface area contributed by atoms with Gasteiger partial charge in [-0.1, -0.05) is 12.2 Å². The number of aliphatic hydroxyl groups is 1. The average Bonchev–Trinajstić information content (AvgIpc) is 3.25. The van der Waals surface area contributed by atoms with Crippen molar-refractivity contribution < 1.29 is 14.6 Å². The molecule has 7 rings (SSSR count). The molecule has 0 amide bonds. The summed E-state index contributed by atoms with van der Waals surface area (Å²) in [7, 11) is 0. The molecule has 1 aromatic rings. The molecule has 6 aliphatic rings. The summed E-state index contributed by atoms with van der Waals surface area (Å²) < 4.78 is 5.43. The maximum Gasteiger partial charge on any atom is 0.166 e. The van der Waals surface area contributed by atoms with Gasteiger partial charge in [-0.2, -0.15) is 0 Å². The predicted molar refractivity (Wildman–Crippen MR) is 124 cm³/mol. The second-order valence-corrected chi connectivity index (χ2v) is 10.9. The number of aromatic nitrogens is 1. The fraction of sp³-hybridized carbons (Fsp3) is 0.692. The largest absolute Gasteiger partial charge is 0.390 e. The van der Waals surface area contributed by atoms with Crippen LogP contribution >= 0.6 is 0 Å². The number of pyridine rings is 1. The number of nitrogens with one attached hydrogen (secondary N) is 1. The number of fused-ring (bicyclic) bond motifs is 1. The second-order valence-electron chi connectivity index (χ2n) is 10.9. The number of rotatable bonds is 7. The van der Waals surface area contributed by atoms with Gasteiger partial charge in [-0.05, 0) is 62.8 Å². The van der Waals surface area contributed by atoms with Crippen molar-refractivity contribution in [2.75, 3.05) is 38.2 Å². The Morgan fingerprint density at radius 3 is 2.75 bits per heavy atom. The van der Waals surface area contributed by atoms with Gasteiger partial charge in [-0.15, -0.1) is 0 Å². The first kappa shape index (κ1) is 20.8. The molecule has 1 aliphatic heterocycles. The number of ether oxygens (including phenoxy) is 1. The van der Waals surface area contributed by atoms with Crippen LogP contribution in [0.25, 0.3) is 6.08 Å². The van der Waals surface area contributed by atoms with E-state index in [2.05, 4.69) is 27.4 Å². The molecule has 6 nitrogen and oxygen atoms in total. The number of morpholine rings is 1. The summed E-state index contributed by atoms with van der Waals surface area (Å²) in [6.07, 6.45) is 13.6. The Hall–Kier alpha value is -1.76. The Labute approximate surface area is 190 Å². The Kier molecular flexibility index (Phi) is 5.35. The van der Waals surface area contributed by atoms with Gasteiger partial charge in [0.1, 0.15) is 0 Å². The SMILES string of the molecule is O=C(CCCN1CCOCC1)c1cnc2c(c1NC1C3CC4CC1CC(O)(C4)C3)C=CC2. The first-order valence-electron chi connectivity index (χ1n) is 12.6. The first-order chi connectivity index (χ1) is 15.6. The molecule has 2 atom stereocenters. The van der Waals surface area contributed by atoms with Crippen molar-refractivity contribution in [1.82, 2.24) is 9.88 Å². The molecular weight excluding hydrogens is 402 g/mol. The lowest BCUT2D eigenvalue weighted by Crippen LogP contribution is -2.59. The van der Waals surface area contributed by atoms with E-state index in [0.717, 1.165) is 87.5 Å². The molecule has 32 heavy (non-hydrogen) atoms. The lowest BCUT2D eigenvalue weighted by molar-refractivity contribution is -0.129. The van der Waals surface area contributed by atoms with Gasteiger partial charge in [0.2, 0.25) is 0 Å². The van der Waals surface area contributed by atoms with Crippen molar-refractivity contribution in [1.29, 1.82) is 0 Å². The minimum absolute atomic E-state index is 0.193. The van der Waals surface area contributed by atoms with Crippen LogP contribution in [0.5, 0.6) is 0 Å². The van der Waals surface area contributed by atoms with Gasteiger partial charge in [0.25, 0.3) is 0 Å². The Morgan fingerprint density at radius 2 is 2.00 bits per heavy atom. The van der Waals surface area contributed by atoms with Gasteiger partial charge >= 0.3 is 0 Å². The van der Waals surface area contributed by atoms with Crippen molar-refractivity contribution in [3.05, 3.63) is 29.1 Å². The molecule has 4 bridgehead atoms. The van der Waals surface area contributed by atoms with Crippen LogP contribution in [0, 0.1) is 17.8 Å². The Morgan fingerprint density at radius 1 is 1.22 bits per heavy atom. The fourth-order valence-corrected chi connectivity index (χ4v) is 7.37. The molecule has 2 heterocycles. The zero-order valence-electron chi connectivity index (χ0n) is 18.9. The van der Waals surface area contributed by atoms with E-state index >= 15 is 0 Å². The molecule has 2 unspecified atom stereocenters. The van der Waals surface area contributed by atoms with E-state index < -0.39 is 5.60 Å². The van der Waals surface area contributed by atoms with Crippen LogP contribution in [0.2, 0.25) is 0 Å². The molecular formula is C26H35N3O3. The van der Waals surface area contributed by atoms with Crippen molar-refractivity contribution >= 4 is 17.5 Å². The summed E-state index contributed by atoms with van der Waals surface area (Å²) in [4.78, 5) is 20.3. The molecule has 6 heteroatoms. The van der Waals surface area contributed by atoms with E-state index in [-0.39, 0.29) is 5.78 Å². The monoisotopic (exact) mass is 437 g/mol. The topological polar surface area (TPSA) is 74.7 Å². The summed E-state index contributed by atoms with van der Waals surface area (Å²) in [5.74, 6) is 1.88. The number of carbonyl (C=O) groups is 1. The predicted octanol–water partition coefficient (Wildman–Crippen LogP) is 3.30. The quantitative estimate of drug-likeness (QED) is 0.638. The highest BCUT2D eigenvalue weighted by atomic mass is 16.5. The summed E-state index contributed by atoms with van der Waals surface area (Å²) in [5, 5.41) is 14.9. The van der Waals surface area contributed by atoms with Gasteiger partial charge < -0.3 is 15.2 Å². The van der Waals surface area contributed by atoms with E-state index in [1.807, 2.05) is 6.20 Å². The van der Waals surface area contributed by atoms with Crippen LogP contribution in [-0.4, -0.2) is 65.3 Å². The third kappa shape index (κ3) is 3.80. The molecule has 0 spiro atoms. The molecule has 0 radical (unpaired) electrons. The molecule has 1 saturated heterocycles. The van der Waals surface area contributed by atoms with Gasteiger partial charge in [-0.3, -0.25) is 14.7 Å². The van der Waals surface area contributed by atoms with Crippen molar-refractivity contribution in [3.8, 4) is 0 Å². The fourth-order valence-electron chi connectivity index (χ4n) is 7.37. The number of carbonyl (C=O) groups excluding carboxylic acids is 1. The number of Topliss-reactive ketones (excluding diaryl/α,β-unsaturated/α-hetero) is 1. The van der Waals surface area contributed by atoms with Gasteiger partial charge in [0, 0.05) is 43.7 Å². The van der Waals surface area contributed by atoms with Crippen LogP contribution in [0.3, 0.4) is 0 Å². The van der Waals surface area contributed by atoms with Crippen molar-refractivity contribution in [2.45, 2.75) is 63.0 Å². The van der Waals surface area contributed by atoms with E-state index in [4.69, 9.17) is 4.74 Å². The summed E-state index contributed by atoms with van der Waals surface area (Å²) in [6, 6.07) is 0.354. The summed E-state index contributed by atoms with van der Waals surface area (Å²) in [5.41, 5.74) is 3.50. The zero-order valence-corrected chi connectivity index (χ0v) is 18.9. The van der Waals surface area contributed by atoms with Gasteiger partial charge in [0.15, 0.2) is 5.78 Å². The zero-order chi connectivity index (χ0) is 21.7. The number of allylic oxidation sites excluding steroid dienone is 1. The van der Waals surface area contributed by atoms with E-state index in [1.165, 1.54) is 12.8 Å². The molecule has 2 N–H and O–H groups in total. The number of hydrogen-bond acceptors (Lipinski definition) is 6. The Bertz CT molecular complexity index is 907. The van der Waals surface area contributed by atoms with E-state index in [1.54, 1.807) is 0 Å². The second kappa shape index (κ2) is 8.23. The van der Waals surface area contributed by atoms with Crippen LogP contribution < -0.4 is 5.32 Å². The molecule has 0 aromatic carbocycles. The minimum atomic E-state index is -0.438. The lowest BCUT2D eigenvalue weighted by Gasteiger charge is -2.58. The lowest BCUT2D eigenvalue weighted by atomic mass is 9.52. The third-order valence-corrected chi connectivity index (χ3v) is 8.63. The molecule has 4 saturated carbocycles. The van der Waals surface area contributed by atoms with Crippen LogP contribution in [0.4, 0.5) is 5.69 Å². The number of nitrogens with zero attached hydrogens (tertiary/aromatic N) is 2. The van der Waals surface area contributed by atoms with E-state index in [9.17, 15) is 9.90 Å². The first-order valence-corrected chi connectivity index (χ1v) is 12.6. The molecule has 5 aliphatic carbocycles. The number of hydrogen-bond donors (Lipinski definition) is 2. The number of anilines is 1. The third-order valence-electron chi connectivity index (χ3n) is 8.63. The van der Waals surface area contributed by atoms with Gasteiger partial charge in [0.05, 0.1) is 35.8 Å². The molecule has 172 valence electrons.